The highest BCUT2D eigenvalue weighted by atomic mass is 16.5. The molecule has 0 amide bonds. The molecule has 0 atom stereocenters. The predicted molar refractivity (Wildman–Crippen MR) is 67.4 cm³/mol. The summed E-state index contributed by atoms with van der Waals surface area (Å²) in [7, 11) is 0. The van der Waals surface area contributed by atoms with Crippen LogP contribution in [0.3, 0.4) is 0 Å². The molecule has 0 N–H and O–H groups in total. The number of pyridine rings is 1. The molecule has 2 aromatic heterocycles. The van der Waals surface area contributed by atoms with Crippen molar-refractivity contribution in [3.05, 3.63) is 36.1 Å². The molecule has 17 heavy (non-hydrogen) atoms. The number of hydrogen-bond donors (Lipinski definition) is 0. The van der Waals surface area contributed by atoms with Gasteiger partial charge in [0, 0.05) is 10.8 Å². The molecule has 0 saturated heterocycles. The Labute approximate surface area is 99.0 Å². The van der Waals surface area contributed by atoms with Gasteiger partial charge in [-0.3, -0.25) is 0 Å². The van der Waals surface area contributed by atoms with Gasteiger partial charge in [0.05, 0.1) is 12.1 Å². The van der Waals surface area contributed by atoms with Gasteiger partial charge in [0.25, 0.3) is 5.88 Å². The van der Waals surface area contributed by atoms with Crippen LogP contribution in [-0.2, 0) is 0 Å². The number of aryl methyl sites for hydroxylation is 1. The van der Waals surface area contributed by atoms with Crippen molar-refractivity contribution in [2.45, 2.75) is 13.8 Å². The summed E-state index contributed by atoms with van der Waals surface area (Å²) in [6.45, 7) is 4.46. The zero-order chi connectivity index (χ0) is 11.8. The van der Waals surface area contributed by atoms with Gasteiger partial charge in [0.15, 0.2) is 5.58 Å². The molecule has 0 aliphatic carbocycles. The smallest absolute Gasteiger partial charge is 0.258 e. The largest absolute Gasteiger partial charge is 0.475 e. The SMILES string of the molecule is CCOc1nc2ccccc2c2cc(C)oc12. The van der Waals surface area contributed by atoms with Crippen LogP contribution >= 0.6 is 0 Å². The Kier molecular flexibility index (Phi) is 2.25. The second-order valence-corrected chi connectivity index (χ2v) is 3.97. The lowest BCUT2D eigenvalue weighted by Gasteiger charge is -2.05. The van der Waals surface area contributed by atoms with Crippen molar-refractivity contribution < 1.29 is 9.15 Å². The van der Waals surface area contributed by atoms with Gasteiger partial charge in [-0.15, -0.1) is 0 Å². The van der Waals surface area contributed by atoms with Crippen LogP contribution in [0.4, 0.5) is 0 Å². The summed E-state index contributed by atoms with van der Waals surface area (Å²) >= 11 is 0. The van der Waals surface area contributed by atoms with Crippen LogP contribution in [-0.4, -0.2) is 11.6 Å². The fourth-order valence-corrected chi connectivity index (χ4v) is 2.07. The molecular weight excluding hydrogens is 214 g/mol. The quantitative estimate of drug-likeness (QED) is 0.669. The number of aromatic nitrogens is 1. The van der Waals surface area contributed by atoms with E-state index in [4.69, 9.17) is 9.15 Å². The minimum Gasteiger partial charge on any atom is -0.475 e. The van der Waals surface area contributed by atoms with Gasteiger partial charge in [-0.2, -0.15) is 0 Å². The molecule has 0 aliphatic heterocycles. The predicted octanol–water partition coefficient (Wildman–Crippen LogP) is 3.69. The molecule has 0 spiro atoms. The number of benzene rings is 1. The number of ether oxygens (including phenoxy) is 1. The van der Waals surface area contributed by atoms with Crippen LogP contribution in [0.15, 0.2) is 34.7 Å². The van der Waals surface area contributed by atoms with Crippen molar-refractivity contribution in [3.8, 4) is 5.88 Å². The van der Waals surface area contributed by atoms with E-state index in [9.17, 15) is 0 Å². The fourth-order valence-electron chi connectivity index (χ4n) is 2.07. The van der Waals surface area contributed by atoms with E-state index in [0.717, 1.165) is 27.6 Å². The van der Waals surface area contributed by atoms with E-state index in [1.807, 2.05) is 38.1 Å². The van der Waals surface area contributed by atoms with E-state index in [1.165, 1.54) is 0 Å². The lowest BCUT2D eigenvalue weighted by molar-refractivity contribution is 0.326. The Bertz CT molecular complexity index is 685. The third-order valence-electron chi connectivity index (χ3n) is 2.75. The first-order valence-corrected chi connectivity index (χ1v) is 5.71. The lowest BCUT2D eigenvalue weighted by Crippen LogP contribution is -1.95. The molecule has 2 heterocycles. The summed E-state index contributed by atoms with van der Waals surface area (Å²) < 4.78 is 11.2. The third kappa shape index (κ3) is 1.55. The van der Waals surface area contributed by atoms with E-state index in [0.29, 0.717) is 12.5 Å². The monoisotopic (exact) mass is 227 g/mol. The Morgan fingerprint density at radius 2 is 2.06 bits per heavy atom. The molecule has 1 aromatic carbocycles. The van der Waals surface area contributed by atoms with Crippen LogP contribution in [0.2, 0.25) is 0 Å². The van der Waals surface area contributed by atoms with Gasteiger partial charge in [0.1, 0.15) is 5.76 Å². The standard InChI is InChI=1S/C14H13NO2/c1-3-16-14-13-11(8-9(2)17-13)10-6-4-5-7-12(10)15-14/h4-8H,3H2,1-2H3. The van der Waals surface area contributed by atoms with Gasteiger partial charge in [-0.25, -0.2) is 4.98 Å². The highest BCUT2D eigenvalue weighted by Crippen LogP contribution is 2.32. The second kappa shape index (κ2) is 3.77. The maximum absolute atomic E-state index is 5.67. The third-order valence-corrected chi connectivity index (χ3v) is 2.75. The Balaban J connectivity index is 2.45. The van der Waals surface area contributed by atoms with Crippen molar-refractivity contribution in [2.24, 2.45) is 0 Å². The summed E-state index contributed by atoms with van der Waals surface area (Å²) in [5.74, 6) is 1.45. The molecule has 0 aliphatic rings. The van der Waals surface area contributed by atoms with Crippen molar-refractivity contribution >= 4 is 21.9 Å². The van der Waals surface area contributed by atoms with E-state index < -0.39 is 0 Å². The molecule has 3 nitrogen and oxygen atoms in total. The number of fused-ring (bicyclic) bond motifs is 3. The van der Waals surface area contributed by atoms with E-state index >= 15 is 0 Å². The van der Waals surface area contributed by atoms with Crippen molar-refractivity contribution in [1.82, 2.24) is 4.98 Å². The van der Waals surface area contributed by atoms with Gasteiger partial charge >= 0.3 is 0 Å². The molecule has 86 valence electrons. The Morgan fingerprint density at radius 3 is 2.88 bits per heavy atom. The van der Waals surface area contributed by atoms with Crippen LogP contribution < -0.4 is 4.74 Å². The molecule has 0 bridgehead atoms. The van der Waals surface area contributed by atoms with Crippen molar-refractivity contribution in [1.29, 1.82) is 0 Å². The van der Waals surface area contributed by atoms with Gasteiger partial charge in [0.2, 0.25) is 0 Å². The minimum absolute atomic E-state index is 0.578. The maximum Gasteiger partial charge on any atom is 0.258 e. The normalized spacial score (nSPS) is 11.2. The highest BCUT2D eigenvalue weighted by Gasteiger charge is 2.13. The first kappa shape index (κ1) is 10.1. The van der Waals surface area contributed by atoms with Crippen LogP contribution in [0.5, 0.6) is 5.88 Å². The summed E-state index contributed by atoms with van der Waals surface area (Å²) in [5, 5.41) is 2.17. The van der Waals surface area contributed by atoms with Crippen LogP contribution in [0.1, 0.15) is 12.7 Å². The molecule has 0 radical (unpaired) electrons. The second-order valence-electron chi connectivity index (χ2n) is 3.97. The van der Waals surface area contributed by atoms with Gasteiger partial charge < -0.3 is 9.15 Å². The average molecular weight is 227 g/mol. The molecule has 3 heteroatoms. The highest BCUT2D eigenvalue weighted by molar-refractivity contribution is 6.05. The number of para-hydroxylation sites is 1. The zero-order valence-corrected chi connectivity index (χ0v) is 9.86. The number of furan rings is 1. The number of nitrogens with zero attached hydrogens (tertiary/aromatic N) is 1. The maximum atomic E-state index is 5.67. The molecule has 0 fully saturated rings. The summed E-state index contributed by atoms with van der Waals surface area (Å²) in [6, 6.07) is 10.0. The number of rotatable bonds is 2. The lowest BCUT2D eigenvalue weighted by atomic mass is 10.1. The molecule has 0 saturated carbocycles. The molecule has 3 rings (SSSR count). The van der Waals surface area contributed by atoms with Crippen molar-refractivity contribution in [3.63, 3.8) is 0 Å². The topological polar surface area (TPSA) is 35.3 Å². The summed E-state index contributed by atoms with van der Waals surface area (Å²) in [6.07, 6.45) is 0. The van der Waals surface area contributed by atoms with E-state index in [1.54, 1.807) is 0 Å². The Hall–Kier alpha value is -2.03. The summed E-state index contributed by atoms with van der Waals surface area (Å²) in [5.41, 5.74) is 1.67. The molecule has 0 unspecified atom stereocenters. The average Bonchev–Trinajstić information content (AvgIpc) is 2.72. The fraction of sp³-hybridized carbons (Fsp3) is 0.214. The van der Waals surface area contributed by atoms with Crippen molar-refractivity contribution in [2.75, 3.05) is 6.61 Å². The minimum atomic E-state index is 0.578. The molecular formula is C14H13NO2. The van der Waals surface area contributed by atoms with Crippen LogP contribution in [0, 0.1) is 6.92 Å². The van der Waals surface area contributed by atoms with E-state index in [2.05, 4.69) is 11.1 Å². The number of hydrogen-bond acceptors (Lipinski definition) is 3. The zero-order valence-electron chi connectivity index (χ0n) is 9.86. The first-order chi connectivity index (χ1) is 8.29. The van der Waals surface area contributed by atoms with E-state index in [-0.39, 0.29) is 0 Å². The van der Waals surface area contributed by atoms with Gasteiger partial charge in [-0.05, 0) is 26.0 Å². The Morgan fingerprint density at radius 1 is 1.24 bits per heavy atom. The molecule has 3 aromatic rings. The summed E-state index contributed by atoms with van der Waals surface area (Å²) in [4.78, 5) is 4.49. The van der Waals surface area contributed by atoms with Gasteiger partial charge in [-0.1, -0.05) is 18.2 Å². The first-order valence-electron chi connectivity index (χ1n) is 5.71. The van der Waals surface area contributed by atoms with Crippen LogP contribution in [0.25, 0.3) is 21.9 Å².